The molecule has 14 heavy (non-hydrogen) atoms. The van der Waals surface area contributed by atoms with Gasteiger partial charge < -0.3 is 10.1 Å². The van der Waals surface area contributed by atoms with E-state index in [0.717, 1.165) is 17.7 Å². The number of nitrogens with one attached hydrogen (secondary N) is 1. The number of anilines is 1. The first kappa shape index (κ1) is 9.21. The summed E-state index contributed by atoms with van der Waals surface area (Å²) in [6, 6.07) is 6.06. The minimum absolute atomic E-state index is 0.0759. The lowest BCUT2D eigenvalue weighted by molar-refractivity contribution is -0.120. The van der Waals surface area contributed by atoms with E-state index in [1.807, 2.05) is 12.1 Å². The van der Waals surface area contributed by atoms with Crippen molar-refractivity contribution < 1.29 is 9.53 Å². The number of ether oxygens (including phenoxy) is 1. The van der Waals surface area contributed by atoms with Gasteiger partial charge in [0.25, 0.3) is 0 Å². The van der Waals surface area contributed by atoms with E-state index in [-0.39, 0.29) is 12.5 Å². The molecule has 3 nitrogen and oxygen atoms in total. The summed E-state index contributed by atoms with van der Waals surface area (Å²) >= 11 is 0. The Morgan fingerprint density at radius 1 is 1.43 bits per heavy atom. The number of carbonyl (C=O) groups is 1. The maximum Gasteiger partial charge on any atom is 0.250 e. The van der Waals surface area contributed by atoms with Gasteiger partial charge in [-0.05, 0) is 18.1 Å². The second kappa shape index (κ2) is 3.80. The number of benzene rings is 1. The second-order valence-corrected chi connectivity index (χ2v) is 3.39. The van der Waals surface area contributed by atoms with E-state index in [9.17, 15) is 4.79 Å². The highest BCUT2D eigenvalue weighted by Crippen LogP contribution is 2.20. The third kappa shape index (κ3) is 1.77. The van der Waals surface area contributed by atoms with Crippen LogP contribution in [0.4, 0.5) is 5.69 Å². The molecule has 0 unspecified atom stereocenters. The van der Waals surface area contributed by atoms with E-state index >= 15 is 0 Å². The van der Waals surface area contributed by atoms with Gasteiger partial charge in [-0.25, -0.2) is 0 Å². The fourth-order valence-electron chi connectivity index (χ4n) is 1.55. The molecule has 0 saturated heterocycles. The van der Waals surface area contributed by atoms with Crippen molar-refractivity contribution in [2.45, 2.75) is 20.0 Å². The number of carbonyl (C=O) groups excluding carboxylic acids is 1. The number of hydrogen-bond acceptors (Lipinski definition) is 2. The molecule has 1 amide bonds. The zero-order valence-corrected chi connectivity index (χ0v) is 8.17. The highest BCUT2D eigenvalue weighted by Gasteiger charge is 2.12. The van der Waals surface area contributed by atoms with Crippen molar-refractivity contribution in [1.82, 2.24) is 0 Å². The van der Waals surface area contributed by atoms with Gasteiger partial charge in [0.1, 0.15) is 6.61 Å². The fourth-order valence-corrected chi connectivity index (χ4v) is 1.55. The van der Waals surface area contributed by atoms with Gasteiger partial charge in [0.05, 0.1) is 6.61 Å². The lowest BCUT2D eigenvalue weighted by atomic mass is 10.1. The Balaban J connectivity index is 2.35. The van der Waals surface area contributed by atoms with E-state index < -0.39 is 0 Å². The third-order valence-electron chi connectivity index (χ3n) is 2.34. The Bertz CT molecular complexity index is 360. The van der Waals surface area contributed by atoms with Gasteiger partial charge >= 0.3 is 0 Å². The Morgan fingerprint density at radius 2 is 2.29 bits per heavy atom. The third-order valence-corrected chi connectivity index (χ3v) is 2.34. The van der Waals surface area contributed by atoms with Crippen LogP contribution in [-0.4, -0.2) is 12.5 Å². The molecule has 3 heteroatoms. The zero-order chi connectivity index (χ0) is 9.97. The predicted molar refractivity (Wildman–Crippen MR) is 54.1 cm³/mol. The number of rotatable bonds is 1. The summed E-state index contributed by atoms with van der Waals surface area (Å²) in [4.78, 5) is 11.2. The standard InChI is InChI=1S/C11H13NO2/c1-2-8-3-4-10-9(5-8)6-14-7-11(13)12-10/h3-5H,2,6-7H2,1H3,(H,12,13). The van der Waals surface area contributed by atoms with Crippen molar-refractivity contribution in [1.29, 1.82) is 0 Å². The van der Waals surface area contributed by atoms with E-state index in [1.165, 1.54) is 5.56 Å². The maximum absolute atomic E-state index is 11.2. The van der Waals surface area contributed by atoms with Crippen LogP contribution >= 0.6 is 0 Å². The molecular formula is C11H13NO2. The number of fused-ring (bicyclic) bond motifs is 1. The van der Waals surface area contributed by atoms with Crippen molar-refractivity contribution in [3.63, 3.8) is 0 Å². The molecule has 0 fully saturated rings. The van der Waals surface area contributed by atoms with Crippen molar-refractivity contribution >= 4 is 11.6 Å². The quantitative estimate of drug-likeness (QED) is 0.734. The van der Waals surface area contributed by atoms with E-state index in [2.05, 4.69) is 18.3 Å². The molecule has 0 spiro atoms. The Kier molecular flexibility index (Phi) is 2.50. The SMILES string of the molecule is CCc1ccc2c(c1)COCC(=O)N2. The van der Waals surface area contributed by atoms with E-state index in [1.54, 1.807) is 0 Å². The monoisotopic (exact) mass is 191 g/mol. The molecular weight excluding hydrogens is 178 g/mol. The van der Waals surface area contributed by atoms with Crippen molar-refractivity contribution in [3.05, 3.63) is 29.3 Å². The topological polar surface area (TPSA) is 38.3 Å². The first-order valence-electron chi connectivity index (χ1n) is 4.79. The van der Waals surface area contributed by atoms with Crippen LogP contribution in [0, 0.1) is 0 Å². The van der Waals surface area contributed by atoms with Gasteiger partial charge in [0, 0.05) is 11.3 Å². The summed E-state index contributed by atoms with van der Waals surface area (Å²) in [5, 5.41) is 2.81. The molecule has 0 bridgehead atoms. The summed E-state index contributed by atoms with van der Waals surface area (Å²) < 4.78 is 5.22. The van der Waals surface area contributed by atoms with Gasteiger partial charge in [-0.3, -0.25) is 4.79 Å². The van der Waals surface area contributed by atoms with Crippen LogP contribution in [0.25, 0.3) is 0 Å². The molecule has 0 atom stereocenters. The van der Waals surface area contributed by atoms with Crippen LogP contribution < -0.4 is 5.32 Å². The van der Waals surface area contributed by atoms with E-state index in [0.29, 0.717) is 6.61 Å². The molecule has 1 N–H and O–H groups in total. The summed E-state index contributed by atoms with van der Waals surface area (Å²) in [7, 11) is 0. The summed E-state index contributed by atoms with van der Waals surface area (Å²) in [5.74, 6) is -0.0759. The Labute approximate surface area is 83.1 Å². The predicted octanol–water partition coefficient (Wildman–Crippen LogP) is 1.72. The summed E-state index contributed by atoms with van der Waals surface area (Å²) in [6.07, 6.45) is 1.00. The summed E-state index contributed by atoms with van der Waals surface area (Å²) in [5.41, 5.74) is 3.21. The highest BCUT2D eigenvalue weighted by atomic mass is 16.5. The lowest BCUT2D eigenvalue weighted by Gasteiger charge is -2.06. The minimum Gasteiger partial charge on any atom is -0.367 e. The molecule has 0 aliphatic carbocycles. The highest BCUT2D eigenvalue weighted by molar-refractivity contribution is 5.93. The van der Waals surface area contributed by atoms with Gasteiger partial charge in [0.2, 0.25) is 5.91 Å². The normalized spacial score (nSPS) is 15.6. The second-order valence-electron chi connectivity index (χ2n) is 3.39. The maximum atomic E-state index is 11.2. The molecule has 1 heterocycles. The van der Waals surface area contributed by atoms with Crippen LogP contribution in [0.2, 0.25) is 0 Å². The van der Waals surface area contributed by atoms with E-state index in [4.69, 9.17) is 4.74 Å². The summed E-state index contributed by atoms with van der Waals surface area (Å²) in [6.45, 7) is 2.77. The molecule has 2 rings (SSSR count). The number of amides is 1. The van der Waals surface area contributed by atoms with Gasteiger partial charge in [-0.1, -0.05) is 19.1 Å². The smallest absolute Gasteiger partial charge is 0.250 e. The number of hydrogen-bond donors (Lipinski definition) is 1. The first-order chi connectivity index (χ1) is 6.79. The molecule has 0 radical (unpaired) electrons. The molecule has 74 valence electrons. The van der Waals surface area contributed by atoms with Crippen LogP contribution in [0.5, 0.6) is 0 Å². The Morgan fingerprint density at radius 3 is 3.07 bits per heavy atom. The molecule has 0 aromatic heterocycles. The van der Waals surface area contributed by atoms with Crippen molar-refractivity contribution in [2.24, 2.45) is 0 Å². The largest absolute Gasteiger partial charge is 0.367 e. The molecule has 1 aromatic carbocycles. The fraction of sp³-hybridized carbons (Fsp3) is 0.364. The molecule has 1 aromatic rings. The van der Waals surface area contributed by atoms with Crippen molar-refractivity contribution in [3.8, 4) is 0 Å². The number of aryl methyl sites for hydroxylation is 1. The van der Waals surface area contributed by atoms with Gasteiger partial charge in [0.15, 0.2) is 0 Å². The lowest BCUT2D eigenvalue weighted by Crippen LogP contribution is -2.14. The average Bonchev–Trinajstić information content (AvgIpc) is 2.37. The zero-order valence-electron chi connectivity index (χ0n) is 8.17. The van der Waals surface area contributed by atoms with Gasteiger partial charge in [-0.2, -0.15) is 0 Å². The van der Waals surface area contributed by atoms with Crippen LogP contribution in [0.1, 0.15) is 18.1 Å². The van der Waals surface area contributed by atoms with Gasteiger partial charge in [-0.15, -0.1) is 0 Å². The van der Waals surface area contributed by atoms with Crippen LogP contribution in [-0.2, 0) is 22.6 Å². The van der Waals surface area contributed by atoms with Crippen LogP contribution in [0.15, 0.2) is 18.2 Å². The first-order valence-corrected chi connectivity index (χ1v) is 4.79. The van der Waals surface area contributed by atoms with Crippen molar-refractivity contribution in [2.75, 3.05) is 11.9 Å². The average molecular weight is 191 g/mol. The Hall–Kier alpha value is -1.35. The molecule has 0 saturated carbocycles. The molecule has 1 aliphatic rings. The molecule has 1 aliphatic heterocycles. The minimum atomic E-state index is -0.0759. The van der Waals surface area contributed by atoms with Crippen LogP contribution in [0.3, 0.4) is 0 Å².